The molecule has 5 rings (SSSR count). The van der Waals surface area contributed by atoms with Gasteiger partial charge in [-0.1, -0.05) is 22.4 Å². The van der Waals surface area contributed by atoms with E-state index in [0.717, 1.165) is 45.3 Å². The van der Waals surface area contributed by atoms with E-state index in [0.29, 0.717) is 55.8 Å². The number of piperidine rings is 1. The number of β-amino-alcohol motifs (C(OH)–C–C–N with tert-alkyl or cyclic N) is 1. The summed E-state index contributed by atoms with van der Waals surface area (Å²) in [5.41, 5.74) is 0. The Morgan fingerprint density at radius 1 is 1.22 bits per heavy atom. The summed E-state index contributed by atoms with van der Waals surface area (Å²) in [6.07, 6.45) is 7.81. The quantitative estimate of drug-likeness (QED) is 0.195. The molecule has 0 aromatic rings. The van der Waals surface area contributed by atoms with Crippen LogP contribution in [0.1, 0.15) is 44.9 Å². The molecule has 36 heavy (non-hydrogen) atoms. The van der Waals surface area contributed by atoms with Crippen molar-refractivity contribution in [3.63, 3.8) is 0 Å². The van der Waals surface area contributed by atoms with Crippen LogP contribution in [-0.2, 0) is 14.3 Å². The molecule has 2 aliphatic carbocycles. The molecule has 2 saturated carbocycles. The minimum absolute atomic E-state index is 0.0195. The number of rotatable bonds is 10. The Bertz CT molecular complexity index is 712. The van der Waals surface area contributed by atoms with Crippen LogP contribution in [0.3, 0.4) is 0 Å². The molecular formula is C25H45BrN6O4. The molecule has 10 nitrogen and oxygen atoms in total. The fourth-order valence-electron chi connectivity index (χ4n) is 6.40. The summed E-state index contributed by atoms with van der Waals surface area (Å²) in [5, 5.41) is 27.1. The van der Waals surface area contributed by atoms with Crippen LogP contribution in [0.4, 0.5) is 0 Å². The van der Waals surface area contributed by atoms with E-state index in [4.69, 9.17) is 9.47 Å². The lowest BCUT2D eigenvalue weighted by molar-refractivity contribution is -0.124. The number of carbonyl (C=O) groups excluding carboxylic acids is 1. The number of alkyl halides is 1. The molecule has 8 atom stereocenters. The van der Waals surface area contributed by atoms with Crippen molar-refractivity contribution in [2.75, 3.05) is 52.7 Å². The van der Waals surface area contributed by atoms with E-state index in [9.17, 15) is 9.90 Å². The van der Waals surface area contributed by atoms with Gasteiger partial charge >= 0.3 is 0 Å². The van der Waals surface area contributed by atoms with Crippen LogP contribution in [0.25, 0.3) is 0 Å². The highest BCUT2D eigenvalue weighted by atomic mass is 79.9. The van der Waals surface area contributed by atoms with E-state index < -0.39 is 6.10 Å². The lowest BCUT2D eigenvalue weighted by Crippen LogP contribution is -2.62. The van der Waals surface area contributed by atoms with E-state index in [2.05, 4.69) is 47.4 Å². The summed E-state index contributed by atoms with van der Waals surface area (Å²) < 4.78 is 11.9. The van der Waals surface area contributed by atoms with Gasteiger partial charge in [0.2, 0.25) is 5.91 Å². The molecule has 11 heteroatoms. The van der Waals surface area contributed by atoms with Crippen LogP contribution in [-0.4, -0.2) is 110 Å². The van der Waals surface area contributed by atoms with Gasteiger partial charge in [-0.15, -0.1) is 0 Å². The lowest BCUT2D eigenvalue weighted by atomic mass is 9.73. The van der Waals surface area contributed by atoms with Crippen molar-refractivity contribution in [3.8, 4) is 0 Å². The molecule has 3 saturated heterocycles. The highest BCUT2D eigenvalue weighted by molar-refractivity contribution is 9.09. The minimum atomic E-state index is -0.560. The summed E-state index contributed by atoms with van der Waals surface area (Å²) in [5.74, 6) is 1.20. The fraction of sp³-hybridized carbons (Fsp3) is 0.960. The molecule has 6 N–H and O–H groups in total. The Morgan fingerprint density at radius 2 is 2.11 bits per heavy atom. The van der Waals surface area contributed by atoms with Gasteiger partial charge in [-0.25, -0.2) is 0 Å². The Kier molecular flexibility index (Phi) is 9.92. The van der Waals surface area contributed by atoms with Crippen LogP contribution in [0, 0.1) is 11.8 Å². The van der Waals surface area contributed by atoms with Gasteiger partial charge in [-0.05, 0) is 50.5 Å². The average Bonchev–Trinajstić information content (AvgIpc) is 3.38. The standard InChI is InChI=1S/C25H45BrN6O4/c26-24-20-6-7-32(11-16(20)4-5-22(24)35-13-19-10-27-15-36-19)12-18(33)9-28-25(34)21-8-23(30-14-29-21)31-17-2-1-3-17/h16-24,27,29-31,33H,1-15H2,(H,28,34)/t16?,18-,19?,20?,21?,22?,23?,24?/m0/s1. The first kappa shape index (κ1) is 27.2. The lowest BCUT2D eigenvalue weighted by Gasteiger charge is -2.46. The van der Waals surface area contributed by atoms with E-state index in [1.54, 1.807) is 0 Å². The summed E-state index contributed by atoms with van der Waals surface area (Å²) in [4.78, 5) is 15.5. The number of aliphatic hydroxyl groups excluding tert-OH is 1. The summed E-state index contributed by atoms with van der Waals surface area (Å²) in [7, 11) is 0. The number of amides is 1. The van der Waals surface area contributed by atoms with Gasteiger partial charge in [0.25, 0.3) is 0 Å². The third-order valence-electron chi connectivity index (χ3n) is 8.76. The van der Waals surface area contributed by atoms with Gasteiger partial charge in [0.1, 0.15) is 0 Å². The summed E-state index contributed by atoms with van der Waals surface area (Å²) >= 11 is 3.97. The van der Waals surface area contributed by atoms with Crippen LogP contribution >= 0.6 is 15.9 Å². The topological polar surface area (TPSA) is 119 Å². The van der Waals surface area contributed by atoms with Crippen LogP contribution < -0.4 is 26.6 Å². The summed E-state index contributed by atoms with van der Waals surface area (Å²) in [6, 6.07) is 0.360. The van der Waals surface area contributed by atoms with Gasteiger partial charge in [0.05, 0.1) is 43.9 Å². The van der Waals surface area contributed by atoms with Crippen molar-refractivity contribution < 1.29 is 19.4 Å². The zero-order valence-corrected chi connectivity index (χ0v) is 22.9. The molecule has 3 aliphatic heterocycles. The van der Waals surface area contributed by atoms with E-state index >= 15 is 0 Å². The van der Waals surface area contributed by atoms with Crippen molar-refractivity contribution >= 4 is 21.8 Å². The van der Waals surface area contributed by atoms with Gasteiger partial charge in [0, 0.05) is 50.1 Å². The van der Waals surface area contributed by atoms with E-state index in [1.165, 1.54) is 19.3 Å². The van der Waals surface area contributed by atoms with Crippen LogP contribution in [0.2, 0.25) is 0 Å². The van der Waals surface area contributed by atoms with E-state index in [-0.39, 0.29) is 30.3 Å². The molecule has 1 amide bonds. The summed E-state index contributed by atoms with van der Waals surface area (Å²) in [6.45, 7) is 5.65. The highest BCUT2D eigenvalue weighted by Gasteiger charge is 2.42. The molecule has 0 aromatic carbocycles. The number of likely N-dealkylation sites (tertiary alicyclic amines) is 1. The van der Waals surface area contributed by atoms with Crippen LogP contribution in [0.5, 0.6) is 0 Å². The van der Waals surface area contributed by atoms with Crippen molar-refractivity contribution in [3.05, 3.63) is 0 Å². The molecule has 7 unspecified atom stereocenters. The molecule has 0 spiro atoms. The molecule has 0 aromatic heterocycles. The molecule has 0 radical (unpaired) electrons. The monoisotopic (exact) mass is 572 g/mol. The molecule has 5 fully saturated rings. The Labute approximate surface area is 223 Å². The average molecular weight is 574 g/mol. The number of nitrogens with one attached hydrogen (secondary N) is 5. The minimum Gasteiger partial charge on any atom is -0.390 e. The number of aliphatic hydroxyl groups is 1. The third kappa shape index (κ3) is 7.18. The fourth-order valence-corrected chi connectivity index (χ4v) is 7.51. The third-order valence-corrected chi connectivity index (χ3v) is 10.0. The first-order valence-electron chi connectivity index (χ1n) is 14.0. The number of hydrogen-bond acceptors (Lipinski definition) is 9. The number of carbonyl (C=O) groups is 1. The zero-order chi connectivity index (χ0) is 24.9. The zero-order valence-electron chi connectivity index (χ0n) is 21.3. The molecule has 206 valence electrons. The second-order valence-electron chi connectivity index (χ2n) is 11.4. The number of halogens is 1. The number of ether oxygens (including phenoxy) is 2. The first-order valence-corrected chi connectivity index (χ1v) is 15.0. The molecule has 3 heterocycles. The maximum atomic E-state index is 12.7. The number of hydrogen-bond donors (Lipinski definition) is 6. The van der Waals surface area contributed by atoms with Crippen molar-refractivity contribution in [2.45, 2.75) is 86.3 Å². The smallest absolute Gasteiger partial charge is 0.237 e. The predicted molar refractivity (Wildman–Crippen MR) is 141 cm³/mol. The Morgan fingerprint density at radius 3 is 2.89 bits per heavy atom. The van der Waals surface area contributed by atoms with Crippen molar-refractivity contribution in [1.29, 1.82) is 0 Å². The SMILES string of the molecule is O=C(NC[C@H](O)CN1CCC2C(CCC(OCC3CNCO3)C2Br)C1)C1CC(NC2CCC2)NCN1. The molecule has 0 bridgehead atoms. The molecule has 5 aliphatic rings. The first-order chi connectivity index (χ1) is 17.5. The molecular weight excluding hydrogens is 528 g/mol. The maximum Gasteiger partial charge on any atom is 0.237 e. The van der Waals surface area contributed by atoms with Crippen LogP contribution in [0.15, 0.2) is 0 Å². The Hall–Kier alpha value is -0.370. The number of nitrogens with zero attached hydrogens (tertiary/aromatic N) is 1. The maximum absolute atomic E-state index is 12.7. The van der Waals surface area contributed by atoms with Gasteiger partial charge < -0.3 is 24.8 Å². The van der Waals surface area contributed by atoms with Crippen molar-refractivity contribution in [1.82, 2.24) is 31.5 Å². The highest BCUT2D eigenvalue weighted by Crippen LogP contribution is 2.41. The second-order valence-corrected chi connectivity index (χ2v) is 12.4. The second kappa shape index (κ2) is 13.1. The number of fused-ring (bicyclic) bond motifs is 1. The predicted octanol–water partition coefficient (Wildman–Crippen LogP) is -0.333. The Balaban J connectivity index is 0.990. The van der Waals surface area contributed by atoms with Gasteiger partial charge in [0.15, 0.2) is 0 Å². The normalized spacial score (nSPS) is 38.8. The van der Waals surface area contributed by atoms with Gasteiger partial charge in [-0.2, -0.15) is 0 Å². The van der Waals surface area contributed by atoms with Gasteiger partial charge in [-0.3, -0.25) is 26.1 Å². The largest absolute Gasteiger partial charge is 0.390 e. The van der Waals surface area contributed by atoms with Crippen molar-refractivity contribution in [2.24, 2.45) is 11.8 Å². The van der Waals surface area contributed by atoms with E-state index in [1.807, 2.05) is 0 Å².